The number of hydrogen-bond donors (Lipinski definition) is 1. The summed E-state index contributed by atoms with van der Waals surface area (Å²) in [5.74, 6) is 0.455. The fourth-order valence-electron chi connectivity index (χ4n) is 2.42. The average molecular weight is 380 g/mol. The summed E-state index contributed by atoms with van der Waals surface area (Å²) < 4.78 is 11.4. The van der Waals surface area contributed by atoms with Crippen LogP contribution in [-0.2, 0) is 0 Å². The molecule has 0 spiro atoms. The molecule has 0 atom stereocenters. The number of para-hydroxylation sites is 2. The van der Waals surface area contributed by atoms with E-state index in [1.165, 1.54) is 12.1 Å². The third kappa shape index (κ3) is 3.87. The fraction of sp³-hybridized carbons (Fsp3) is 0.235. The van der Waals surface area contributed by atoms with Gasteiger partial charge in [-0.1, -0.05) is 12.1 Å². The largest absolute Gasteiger partial charge is 0.448 e. The molecule has 0 bridgehead atoms. The minimum Gasteiger partial charge on any atom is -0.448 e. The fourth-order valence-corrected chi connectivity index (χ4v) is 2.42. The van der Waals surface area contributed by atoms with Crippen LogP contribution in [0.15, 0.2) is 36.4 Å². The number of nitro benzene ring substituents is 1. The van der Waals surface area contributed by atoms with Gasteiger partial charge in [0, 0.05) is 19.2 Å². The number of hydrogen-bond acceptors (Lipinski definition) is 6. The summed E-state index contributed by atoms with van der Waals surface area (Å²) in [6.45, 7) is 1.19. The van der Waals surface area contributed by atoms with Gasteiger partial charge in [0.15, 0.2) is 17.2 Å². The maximum absolute atomic E-state index is 12.4. The second kappa shape index (κ2) is 8.03. The van der Waals surface area contributed by atoms with Gasteiger partial charge in [-0.2, -0.15) is 0 Å². The average Bonchev–Trinajstić information content (AvgIpc) is 2.58. The molecule has 0 fully saturated rings. The topological polar surface area (TPSA) is 93.9 Å². The Labute approximate surface area is 156 Å². The zero-order chi connectivity index (χ0) is 18.0. The zero-order valence-corrected chi connectivity index (χ0v) is 15.0. The number of nitro groups is 1. The van der Waals surface area contributed by atoms with Crippen molar-refractivity contribution in [1.82, 2.24) is 10.2 Å². The molecule has 0 saturated carbocycles. The van der Waals surface area contributed by atoms with Gasteiger partial charge < -0.3 is 19.7 Å². The molecule has 2 aromatic carbocycles. The van der Waals surface area contributed by atoms with Crippen LogP contribution < -0.4 is 14.8 Å². The number of ether oxygens (including phenoxy) is 2. The summed E-state index contributed by atoms with van der Waals surface area (Å²) in [5.41, 5.74) is 0.123. The Hall–Kier alpha value is -2.84. The molecule has 0 radical (unpaired) electrons. The van der Waals surface area contributed by atoms with Crippen molar-refractivity contribution in [3.05, 3.63) is 52.1 Å². The quantitative estimate of drug-likeness (QED) is 0.540. The Morgan fingerprint density at radius 3 is 2.38 bits per heavy atom. The number of rotatable bonds is 5. The first-order valence-corrected chi connectivity index (χ1v) is 7.66. The van der Waals surface area contributed by atoms with E-state index >= 15 is 0 Å². The molecule has 0 saturated heterocycles. The van der Waals surface area contributed by atoms with E-state index in [4.69, 9.17) is 9.47 Å². The molecular weight excluding hydrogens is 362 g/mol. The predicted octanol–water partition coefficient (Wildman–Crippen LogP) is 3.21. The Kier molecular flexibility index (Phi) is 6.01. The van der Waals surface area contributed by atoms with Gasteiger partial charge in [0.2, 0.25) is 5.75 Å². The van der Waals surface area contributed by atoms with Crippen LogP contribution >= 0.6 is 12.4 Å². The minimum atomic E-state index is -0.537. The Morgan fingerprint density at radius 2 is 1.73 bits per heavy atom. The number of carbonyl (C=O) groups excluding carboxylic acids is 1. The lowest BCUT2D eigenvalue weighted by atomic mass is 10.1. The Bertz CT molecular complexity index is 841. The van der Waals surface area contributed by atoms with Crippen molar-refractivity contribution in [2.24, 2.45) is 0 Å². The monoisotopic (exact) mass is 379 g/mol. The van der Waals surface area contributed by atoms with Gasteiger partial charge >= 0.3 is 5.69 Å². The molecule has 8 nitrogen and oxygen atoms in total. The highest BCUT2D eigenvalue weighted by Gasteiger charge is 2.29. The molecule has 0 aliphatic carbocycles. The number of benzene rings is 2. The van der Waals surface area contributed by atoms with E-state index in [1.807, 2.05) is 19.0 Å². The Balaban J connectivity index is 0.00000243. The minimum absolute atomic E-state index is 0. The first kappa shape index (κ1) is 19.5. The molecule has 3 rings (SSSR count). The number of nitrogens with one attached hydrogen (secondary N) is 1. The lowest BCUT2D eigenvalue weighted by Gasteiger charge is -2.22. The predicted molar refractivity (Wildman–Crippen MR) is 97.8 cm³/mol. The van der Waals surface area contributed by atoms with Gasteiger partial charge in [-0.15, -0.1) is 12.4 Å². The zero-order valence-electron chi connectivity index (χ0n) is 14.2. The van der Waals surface area contributed by atoms with Crippen molar-refractivity contribution in [1.29, 1.82) is 0 Å². The molecule has 2 aromatic rings. The maximum Gasteiger partial charge on any atom is 0.315 e. The van der Waals surface area contributed by atoms with Gasteiger partial charge in [-0.05, 0) is 32.3 Å². The molecule has 1 amide bonds. The van der Waals surface area contributed by atoms with Crippen molar-refractivity contribution in [3.8, 4) is 23.0 Å². The molecule has 1 heterocycles. The maximum atomic E-state index is 12.4. The third-order valence-corrected chi connectivity index (χ3v) is 3.65. The SMILES string of the molecule is CN(C)CCNC(=O)c1cccc2c1Oc1cccc([N+](=O)[O-])c1O2.Cl. The summed E-state index contributed by atoms with van der Waals surface area (Å²) in [5, 5.41) is 13.9. The van der Waals surface area contributed by atoms with Crippen LogP contribution in [0.1, 0.15) is 10.4 Å². The Morgan fingerprint density at radius 1 is 1.12 bits per heavy atom. The van der Waals surface area contributed by atoms with Crippen molar-refractivity contribution >= 4 is 24.0 Å². The van der Waals surface area contributed by atoms with Crippen LogP contribution in [0.3, 0.4) is 0 Å². The third-order valence-electron chi connectivity index (χ3n) is 3.65. The van der Waals surface area contributed by atoms with Crippen molar-refractivity contribution < 1.29 is 19.2 Å². The van der Waals surface area contributed by atoms with Crippen molar-refractivity contribution in [2.75, 3.05) is 27.2 Å². The van der Waals surface area contributed by atoms with E-state index < -0.39 is 4.92 Å². The van der Waals surface area contributed by atoms with Crippen LogP contribution in [0.25, 0.3) is 0 Å². The molecule has 1 aliphatic heterocycles. The van der Waals surface area contributed by atoms with Gasteiger partial charge in [0.25, 0.3) is 5.91 Å². The van der Waals surface area contributed by atoms with E-state index in [2.05, 4.69) is 5.32 Å². The highest BCUT2D eigenvalue weighted by molar-refractivity contribution is 5.98. The van der Waals surface area contributed by atoms with E-state index in [9.17, 15) is 14.9 Å². The number of halogens is 1. The molecule has 1 N–H and O–H groups in total. The van der Waals surface area contributed by atoms with Crippen molar-refractivity contribution in [2.45, 2.75) is 0 Å². The summed E-state index contributed by atoms with van der Waals surface area (Å²) in [6, 6.07) is 9.27. The lowest BCUT2D eigenvalue weighted by Crippen LogP contribution is -2.31. The standard InChI is InChI=1S/C17H17N3O5.ClH/c1-19(2)10-9-18-17(21)11-5-3-7-13-15(11)24-14-8-4-6-12(20(22)23)16(14)25-13;/h3-8H,9-10H2,1-2H3,(H,18,21);1H. The van der Waals surface area contributed by atoms with Crippen LogP contribution in [0.2, 0.25) is 0 Å². The number of nitrogens with zero attached hydrogens (tertiary/aromatic N) is 2. The first-order valence-electron chi connectivity index (χ1n) is 7.66. The number of amides is 1. The summed E-state index contributed by atoms with van der Waals surface area (Å²) in [6.07, 6.45) is 0. The van der Waals surface area contributed by atoms with Crippen molar-refractivity contribution in [3.63, 3.8) is 0 Å². The number of likely N-dealkylation sites (N-methyl/N-ethyl adjacent to an activating group) is 1. The smallest absolute Gasteiger partial charge is 0.315 e. The molecular formula is C17H18ClN3O5. The molecule has 1 aliphatic rings. The summed E-state index contributed by atoms with van der Waals surface area (Å²) >= 11 is 0. The van der Waals surface area contributed by atoms with Crippen LogP contribution in [0.5, 0.6) is 23.0 Å². The summed E-state index contributed by atoms with van der Waals surface area (Å²) in [4.78, 5) is 25.0. The highest BCUT2D eigenvalue weighted by Crippen LogP contribution is 2.50. The number of carbonyl (C=O) groups is 1. The molecule has 0 aromatic heterocycles. The van der Waals surface area contributed by atoms with Gasteiger partial charge in [-0.25, -0.2) is 0 Å². The lowest BCUT2D eigenvalue weighted by molar-refractivity contribution is -0.385. The summed E-state index contributed by atoms with van der Waals surface area (Å²) in [7, 11) is 3.83. The second-order valence-electron chi connectivity index (χ2n) is 5.76. The van der Waals surface area contributed by atoms with Crippen LogP contribution in [0, 0.1) is 10.1 Å². The van der Waals surface area contributed by atoms with Gasteiger partial charge in [0.05, 0.1) is 10.5 Å². The van der Waals surface area contributed by atoms with E-state index in [1.54, 1.807) is 24.3 Å². The van der Waals surface area contributed by atoms with Crippen LogP contribution in [0.4, 0.5) is 5.69 Å². The molecule has 0 unspecified atom stereocenters. The van der Waals surface area contributed by atoms with Gasteiger partial charge in [-0.3, -0.25) is 14.9 Å². The van der Waals surface area contributed by atoms with Crippen LogP contribution in [-0.4, -0.2) is 42.9 Å². The van der Waals surface area contributed by atoms with E-state index in [0.29, 0.717) is 18.7 Å². The molecule has 26 heavy (non-hydrogen) atoms. The highest BCUT2D eigenvalue weighted by atomic mass is 35.5. The molecule has 9 heteroatoms. The normalized spacial score (nSPS) is 11.3. The number of fused-ring (bicyclic) bond motifs is 2. The van der Waals surface area contributed by atoms with E-state index in [-0.39, 0.29) is 47.0 Å². The van der Waals surface area contributed by atoms with Gasteiger partial charge in [0.1, 0.15) is 0 Å². The van der Waals surface area contributed by atoms with E-state index in [0.717, 1.165) is 0 Å². The molecule has 138 valence electrons. The first-order chi connectivity index (χ1) is 12.0. The second-order valence-corrected chi connectivity index (χ2v) is 5.76.